The average molecular weight is 281 g/mol. The number of nitrogens with zero attached hydrogens (tertiary/aromatic N) is 2. The van der Waals surface area contributed by atoms with Crippen LogP contribution in [-0.4, -0.2) is 49.3 Å². The van der Waals surface area contributed by atoms with Crippen LogP contribution < -0.4 is 5.32 Å². The van der Waals surface area contributed by atoms with Gasteiger partial charge in [0.1, 0.15) is 5.54 Å². The van der Waals surface area contributed by atoms with Crippen LogP contribution in [0.3, 0.4) is 0 Å². The van der Waals surface area contributed by atoms with Gasteiger partial charge in [0, 0.05) is 13.2 Å². The molecule has 1 aliphatic heterocycles. The number of unbranched alkanes of at least 4 members (excludes halogenated alkanes) is 1. The van der Waals surface area contributed by atoms with Gasteiger partial charge in [0.15, 0.2) is 0 Å². The van der Waals surface area contributed by atoms with Crippen molar-refractivity contribution in [3.63, 3.8) is 0 Å². The van der Waals surface area contributed by atoms with Crippen molar-refractivity contribution in [2.75, 3.05) is 32.8 Å². The molecular formula is C16H31N3O. The average Bonchev–Trinajstić information content (AvgIpc) is 2.45. The van der Waals surface area contributed by atoms with E-state index in [0.717, 1.165) is 39.1 Å². The molecule has 0 bridgehead atoms. The number of piperidine rings is 1. The normalized spacial score (nSPS) is 23.2. The van der Waals surface area contributed by atoms with E-state index < -0.39 is 0 Å². The van der Waals surface area contributed by atoms with Crippen LogP contribution in [0.2, 0.25) is 0 Å². The molecule has 0 aliphatic carbocycles. The highest BCUT2D eigenvalue weighted by molar-refractivity contribution is 5.03. The fourth-order valence-electron chi connectivity index (χ4n) is 2.98. The van der Waals surface area contributed by atoms with Crippen LogP contribution >= 0.6 is 0 Å². The summed E-state index contributed by atoms with van der Waals surface area (Å²) in [5.41, 5.74) is -0.357. The lowest BCUT2D eigenvalue weighted by Gasteiger charge is -2.32. The van der Waals surface area contributed by atoms with Gasteiger partial charge in [-0.2, -0.15) is 5.26 Å². The van der Waals surface area contributed by atoms with Gasteiger partial charge in [-0.05, 0) is 65.6 Å². The minimum Gasteiger partial charge on any atom is -0.377 e. The van der Waals surface area contributed by atoms with Crippen molar-refractivity contribution in [3.05, 3.63) is 0 Å². The van der Waals surface area contributed by atoms with Crippen molar-refractivity contribution in [3.8, 4) is 6.07 Å². The van der Waals surface area contributed by atoms with E-state index in [4.69, 9.17) is 4.74 Å². The molecule has 4 nitrogen and oxygen atoms in total. The summed E-state index contributed by atoms with van der Waals surface area (Å²) in [6, 6.07) is 2.40. The van der Waals surface area contributed by atoms with E-state index in [1.807, 2.05) is 6.92 Å². The maximum Gasteiger partial charge on any atom is 0.103 e. The van der Waals surface area contributed by atoms with Crippen LogP contribution in [0.5, 0.6) is 0 Å². The molecule has 0 aromatic carbocycles. The highest BCUT2D eigenvalue weighted by Gasteiger charge is 2.22. The predicted octanol–water partition coefficient (Wildman–Crippen LogP) is 2.55. The number of nitriles is 1. The SMILES string of the molecule is CCNC(C)(C#N)CCCCN1CCCC(OCC)C1. The summed E-state index contributed by atoms with van der Waals surface area (Å²) in [7, 11) is 0. The molecule has 0 aromatic rings. The lowest BCUT2D eigenvalue weighted by Crippen LogP contribution is -2.41. The number of rotatable bonds is 9. The standard InChI is InChI=1S/C16H31N3O/c1-4-18-16(3,14-17)10-6-7-11-19-12-8-9-15(13-19)20-5-2/h15,18H,4-13H2,1-3H3. The Bertz CT molecular complexity index is 301. The summed E-state index contributed by atoms with van der Waals surface area (Å²) in [6.07, 6.45) is 6.09. The Morgan fingerprint density at radius 3 is 2.85 bits per heavy atom. The molecule has 2 atom stereocenters. The molecule has 1 rings (SSSR count). The summed E-state index contributed by atoms with van der Waals surface area (Å²) in [5.74, 6) is 0. The Balaban J connectivity index is 2.19. The van der Waals surface area contributed by atoms with Gasteiger partial charge >= 0.3 is 0 Å². The molecule has 1 fully saturated rings. The van der Waals surface area contributed by atoms with Gasteiger partial charge in [-0.25, -0.2) is 0 Å². The van der Waals surface area contributed by atoms with E-state index in [1.165, 1.54) is 25.8 Å². The molecule has 4 heteroatoms. The molecule has 0 radical (unpaired) electrons. The number of ether oxygens (including phenoxy) is 1. The minimum atomic E-state index is -0.357. The maximum atomic E-state index is 9.22. The molecule has 2 unspecified atom stereocenters. The van der Waals surface area contributed by atoms with E-state index in [0.29, 0.717) is 6.10 Å². The molecule has 1 saturated heterocycles. The minimum absolute atomic E-state index is 0.357. The van der Waals surface area contributed by atoms with Crippen molar-refractivity contribution < 1.29 is 4.74 Å². The van der Waals surface area contributed by atoms with Gasteiger partial charge < -0.3 is 9.64 Å². The summed E-state index contributed by atoms with van der Waals surface area (Å²) in [5, 5.41) is 12.5. The quantitative estimate of drug-likeness (QED) is 0.660. The Labute approximate surface area is 124 Å². The third kappa shape index (κ3) is 6.21. The third-order valence-electron chi connectivity index (χ3n) is 4.08. The highest BCUT2D eigenvalue weighted by atomic mass is 16.5. The Hall–Kier alpha value is -0.630. The first-order chi connectivity index (χ1) is 9.63. The summed E-state index contributed by atoms with van der Waals surface area (Å²) in [4.78, 5) is 2.51. The largest absolute Gasteiger partial charge is 0.377 e. The van der Waals surface area contributed by atoms with Crippen molar-refractivity contribution >= 4 is 0 Å². The van der Waals surface area contributed by atoms with Crippen molar-refractivity contribution in [2.24, 2.45) is 0 Å². The smallest absolute Gasteiger partial charge is 0.103 e. The van der Waals surface area contributed by atoms with Crippen LogP contribution in [0.4, 0.5) is 0 Å². The number of nitrogens with one attached hydrogen (secondary N) is 1. The first kappa shape index (κ1) is 17.4. The topological polar surface area (TPSA) is 48.3 Å². The van der Waals surface area contributed by atoms with Gasteiger partial charge in [0.05, 0.1) is 12.2 Å². The number of hydrogen-bond acceptors (Lipinski definition) is 4. The second kappa shape index (κ2) is 9.33. The van der Waals surface area contributed by atoms with Crippen LogP contribution in [-0.2, 0) is 4.74 Å². The van der Waals surface area contributed by atoms with E-state index in [1.54, 1.807) is 0 Å². The number of hydrogen-bond donors (Lipinski definition) is 1. The Morgan fingerprint density at radius 2 is 2.20 bits per heavy atom. The summed E-state index contributed by atoms with van der Waals surface area (Å²) >= 11 is 0. The molecule has 20 heavy (non-hydrogen) atoms. The van der Waals surface area contributed by atoms with Gasteiger partial charge in [0.25, 0.3) is 0 Å². The van der Waals surface area contributed by atoms with Gasteiger partial charge in [-0.1, -0.05) is 6.92 Å². The molecule has 1 aliphatic rings. The maximum absolute atomic E-state index is 9.22. The fraction of sp³-hybridized carbons (Fsp3) is 0.938. The van der Waals surface area contributed by atoms with E-state index in [-0.39, 0.29) is 5.54 Å². The Kier molecular flexibility index (Phi) is 8.13. The van der Waals surface area contributed by atoms with Crippen LogP contribution in [0.25, 0.3) is 0 Å². The molecule has 1 N–H and O–H groups in total. The second-order valence-electron chi connectivity index (χ2n) is 5.95. The fourth-order valence-corrected chi connectivity index (χ4v) is 2.98. The summed E-state index contributed by atoms with van der Waals surface area (Å²) < 4.78 is 5.73. The van der Waals surface area contributed by atoms with E-state index >= 15 is 0 Å². The molecule has 0 amide bonds. The molecule has 1 heterocycles. The van der Waals surface area contributed by atoms with Crippen LogP contribution in [0.15, 0.2) is 0 Å². The Morgan fingerprint density at radius 1 is 1.40 bits per heavy atom. The molecule has 0 aromatic heterocycles. The van der Waals surface area contributed by atoms with Gasteiger partial charge in [0.2, 0.25) is 0 Å². The van der Waals surface area contributed by atoms with Gasteiger partial charge in [-0.3, -0.25) is 5.32 Å². The molecule has 0 spiro atoms. The van der Waals surface area contributed by atoms with Crippen LogP contribution in [0, 0.1) is 11.3 Å². The van der Waals surface area contributed by atoms with E-state index in [9.17, 15) is 5.26 Å². The first-order valence-corrected chi connectivity index (χ1v) is 8.13. The lowest BCUT2D eigenvalue weighted by molar-refractivity contribution is 0.00551. The molecular weight excluding hydrogens is 250 g/mol. The zero-order valence-corrected chi connectivity index (χ0v) is 13.5. The summed E-state index contributed by atoms with van der Waals surface area (Å²) in [6.45, 7) is 11.2. The molecule has 116 valence electrons. The van der Waals surface area contributed by atoms with Crippen LogP contribution in [0.1, 0.15) is 52.9 Å². The monoisotopic (exact) mass is 281 g/mol. The van der Waals surface area contributed by atoms with E-state index in [2.05, 4.69) is 30.1 Å². The van der Waals surface area contributed by atoms with Crippen molar-refractivity contribution in [2.45, 2.75) is 64.5 Å². The van der Waals surface area contributed by atoms with Gasteiger partial charge in [-0.15, -0.1) is 0 Å². The first-order valence-electron chi connectivity index (χ1n) is 8.13. The zero-order valence-electron chi connectivity index (χ0n) is 13.5. The third-order valence-corrected chi connectivity index (χ3v) is 4.08. The lowest BCUT2D eigenvalue weighted by atomic mass is 9.96. The highest BCUT2D eigenvalue weighted by Crippen LogP contribution is 2.16. The predicted molar refractivity (Wildman–Crippen MR) is 82.6 cm³/mol. The molecule has 0 saturated carbocycles. The van der Waals surface area contributed by atoms with Crippen molar-refractivity contribution in [1.82, 2.24) is 10.2 Å². The second-order valence-corrected chi connectivity index (χ2v) is 5.95. The zero-order chi connectivity index (χ0) is 14.8. The van der Waals surface area contributed by atoms with Crippen molar-refractivity contribution in [1.29, 1.82) is 5.26 Å². The number of likely N-dealkylation sites (tertiary alicyclic amines) is 1.